The molecule has 0 unspecified atom stereocenters. The Labute approximate surface area is 192 Å². The topological polar surface area (TPSA) is 108 Å². The second-order valence-corrected chi connectivity index (χ2v) is 7.50. The maximum absolute atomic E-state index is 14.5. The van der Waals surface area contributed by atoms with Crippen LogP contribution in [0.15, 0.2) is 52.0 Å². The fraction of sp³-hybridized carbons (Fsp3) is 0.0952. The van der Waals surface area contributed by atoms with Crippen molar-refractivity contribution in [1.29, 1.82) is 0 Å². The molecule has 0 aliphatic heterocycles. The van der Waals surface area contributed by atoms with Gasteiger partial charge in [0.25, 0.3) is 5.89 Å². The number of nitrogens with two attached hydrogens (primary N) is 1. The number of para-hydroxylation sites is 1. The van der Waals surface area contributed by atoms with E-state index in [9.17, 15) is 4.39 Å². The lowest BCUT2D eigenvalue weighted by Gasteiger charge is -2.08. The Bertz CT molecular complexity index is 1340. The second kappa shape index (κ2) is 8.89. The summed E-state index contributed by atoms with van der Waals surface area (Å²) in [6.07, 6.45) is 3.35. The average molecular weight is 472 g/mol. The minimum Gasteiger partial charge on any atom is -0.396 e. The largest absolute Gasteiger partial charge is 0.396 e. The summed E-state index contributed by atoms with van der Waals surface area (Å²) in [4.78, 5) is 8.37. The Balaban J connectivity index is 1.86. The third-order valence-electron chi connectivity index (χ3n) is 4.56. The summed E-state index contributed by atoms with van der Waals surface area (Å²) in [6, 6.07) is 9.39. The summed E-state index contributed by atoms with van der Waals surface area (Å²) in [7, 11) is 1.64. The predicted octanol–water partition coefficient (Wildman–Crippen LogP) is 5.12. The summed E-state index contributed by atoms with van der Waals surface area (Å²) in [6.45, 7) is 1.82. The first-order valence-corrected chi connectivity index (χ1v) is 10.0. The maximum Gasteiger partial charge on any atom is 0.281 e. The van der Waals surface area contributed by atoms with Crippen LogP contribution in [0.3, 0.4) is 0 Å². The molecular weight excluding hydrogens is 456 g/mol. The highest BCUT2D eigenvalue weighted by atomic mass is 35.5. The molecule has 0 radical (unpaired) electrons. The molecule has 2 heterocycles. The molecule has 0 bridgehead atoms. The van der Waals surface area contributed by atoms with Crippen LogP contribution in [0.1, 0.15) is 12.6 Å². The predicted molar refractivity (Wildman–Crippen MR) is 123 cm³/mol. The van der Waals surface area contributed by atoms with Crippen molar-refractivity contribution in [3.63, 3.8) is 0 Å². The summed E-state index contributed by atoms with van der Waals surface area (Å²) < 4.78 is 21.3. The minimum absolute atomic E-state index is 0.0860. The molecule has 0 amide bonds. The summed E-state index contributed by atoms with van der Waals surface area (Å²) in [5.41, 5.74) is 8.24. The highest BCUT2D eigenvalue weighted by molar-refractivity contribution is 6.39. The number of rotatable bonds is 5. The van der Waals surface area contributed by atoms with Gasteiger partial charge in [-0.2, -0.15) is 4.98 Å². The molecule has 0 aliphatic carbocycles. The zero-order chi connectivity index (χ0) is 22.8. The number of halogens is 3. The first-order valence-electron chi connectivity index (χ1n) is 9.29. The van der Waals surface area contributed by atoms with E-state index in [1.165, 1.54) is 10.7 Å². The fourth-order valence-corrected chi connectivity index (χ4v) is 3.47. The minimum atomic E-state index is -0.459. The summed E-state index contributed by atoms with van der Waals surface area (Å²) in [5.74, 6) is -0.144. The van der Waals surface area contributed by atoms with E-state index in [0.29, 0.717) is 16.8 Å². The van der Waals surface area contributed by atoms with Gasteiger partial charge in [-0.05, 0) is 42.8 Å². The van der Waals surface area contributed by atoms with E-state index in [-0.39, 0.29) is 38.8 Å². The van der Waals surface area contributed by atoms with Crippen LogP contribution in [-0.2, 0) is 0 Å². The Hall–Kier alpha value is -3.56. The van der Waals surface area contributed by atoms with E-state index in [4.69, 9.17) is 33.5 Å². The average Bonchev–Trinajstić information content (AvgIpc) is 3.43. The molecule has 0 saturated carbocycles. The molecule has 11 heteroatoms. The molecule has 0 spiro atoms. The van der Waals surface area contributed by atoms with E-state index in [1.807, 2.05) is 6.92 Å². The van der Waals surface area contributed by atoms with Crippen LogP contribution in [0.2, 0.25) is 10.0 Å². The highest BCUT2D eigenvalue weighted by Gasteiger charge is 2.24. The van der Waals surface area contributed by atoms with Gasteiger partial charge in [0.05, 0.1) is 15.7 Å². The third kappa shape index (κ3) is 4.00. The van der Waals surface area contributed by atoms with Gasteiger partial charge in [-0.25, -0.2) is 9.07 Å². The van der Waals surface area contributed by atoms with Crippen molar-refractivity contribution in [2.24, 2.45) is 4.99 Å². The summed E-state index contributed by atoms with van der Waals surface area (Å²) >= 11 is 12.2. The molecule has 2 aromatic heterocycles. The van der Waals surface area contributed by atoms with E-state index in [1.54, 1.807) is 49.7 Å². The van der Waals surface area contributed by atoms with Gasteiger partial charge in [0.15, 0.2) is 5.69 Å². The van der Waals surface area contributed by atoms with E-state index in [0.717, 1.165) is 0 Å². The molecule has 4 aromatic rings. The molecule has 32 heavy (non-hydrogen) atoms. The van der Waals surface area contributed by atoms with Crippen LogP contribution in [0.5, 0.6) is 0 Å². The van der Waals surface area contributed by atoms with Crippen molar-refractivity contribution in [1.82, 2.24) is 25.1 Å². The number of aliphatic imine (C=N–C) groups is 1. The number of anilines is 1. The third-order valence-corrected chi connectivity index (χ3v) is 5.19. The van der Waals surface area contributed by atoms with Crippen LogP contribution in [-0.4, -0.2) is 38.4 Å². The molecule has 0 fully saturated rings. The number of hydrogen-bond donors (Lipinski definition) is 1. The number of nitrogen functional groups attached to an aromatic ring is 1. The molecule has 0 aliphatic rings. The van der Waals surface area contributed by atoms with Gasteiger partial charge in [-0.3, -0.25) is 4.99 Å². The number of allylic oxidation sites excluding steroid dienone is 2. The monoisotopic (exact) mass is 471 g/mol. The van der Waals surface area contributed by atoms with E-state index >= 15 is 0 Å². The molecule has 162 valence electrons. The molecule has 2 aromatic carbocycles. The zero-order valence-corrected chi connectivity index (χ0v) is 18.4. The van der Waals surface area contributed by atoms with Crippen LogP contribution in [0, 0.1) is 5.82 Å². The lowest BCUT2D eigenvalue weighted by atomic mass is 10.1. The van der Waals surface area contributed by atoms with Crippen LogP contribution in [0.25, 0.3) is 34.2 Å². The first kappa shape index (κ1) is 21.7. The Morgan fingerprint density at radius 3 is 2.62 bits per heavy atom. The van der Waals surface area contributed by atoms with Crippen molar-refractivity contribution in [2.75, 3.05) is 12.8 Å². The number of benzene rings is 2. The van der Waals surface area contributed by atoms with Gasteiger partial charge in [-0.15, -0.1) is 5.10 Å². The normalized spacial score (nSPS) is 12.1. The smallest absolute Gasteiger partial charge is 0.281 e. The Kier molecular flexibility index (Phi) is 6.02. The number of nitrogens with zero attached hydrogens (tertiary/aromatic N) is 6. The van der Waals surface area contributed by atoms with Crippen LogP contribution >= 0.6 is 23.2 Å². The number of aromatic nitrogens is 5. The van der Waals surface area contributed by atoms with E-state index in [2.05, 4.69) is 25.4 Å². The Morgan fingerprint density at radius 1 is 1.22 bits per heavy atom. The van der Waals surface area contributed by atoms with Gasteiger partial charge in [0, 0.05) is 18.8 Å². The first-order chi connectivity index (χ1) is 15.4. The molecule has 8 nitrogen and oxygen atoms in total. The van der Waals surface area contributed by atoms with Crippen LogP contribution < -0.4 is 5.73 Å². The van der Waals surface area contributed by atoms with Crippen molar-refractivity contribution in [2.45, 2.75) is 6.92 Å². The molecule has 0 saturated heterocycles. The van der Waals surface area contributed by atoms with E-state index < -0.39 is 5.82 Å². The van der Waals surface area contributed by atoms with Gasteiger partial charge in [-0.1, -0.05) is 45.7 Å². The second-order valence-electron chi connectivity index (χ2n) is 6.68. The highest BCUT2D eigenvalue weighted by Crippen LogP contribution is 2.34. The van der Waals surface area contributed by atoms with Gasteiger partial charge >= 0.3 is 0 Å². The number of hydrogen-bond acceptors (Lipinski definition) is 7. The van der Waals surface area contributed by atoms with Crippen molar-refractivity contribution < 1.29 is 8.91 Å². The van der Waals surface area contributed by atoms with Gasteiger partial charge in [0.1, 0.15) is 17.2 Å². The molecule has 0 atom stereocenters. The molecular formula is C21H16Cl2FN7O. The van der Waals surface area contributed by atoms with Crippen molar-refractivity contribution in [3.8, 4) is 28.7 Å². The maximum atomic E-state index is 14.5. The zero-order valence-electron chi connectivity index (χ0n) is 16.9. The lowest BCUT2D eigenvalue weighted by Crippen LogP contribution is -2.04. The van der Waals surface area contributed by atoms with Crippen LogP contribution in [0.4, 0.5) is 10.1 Å². The Morgan fingerprint density at radius 2 is 1.94 bits per heavy atom. The molecule has 4 rings (SSSR count). The van der Waals surface area contributed by atoms with Crippen molar-refractivity contribution in [3.05, 3.63) is 64.0 Å². The van der Waals surface area contributed by atoms with Crippen molar-refractivity contribution >= 4 is 40.7 Å². The molecule has 2 N–H and O–H groups in total. The lowest BCUT2D eigenvalue weighted by molar-refractivity contribution is 0.431. The van der Waals surface area contributed by atoms with Gasteiger partial charge < -0.3 is 10.3 Å². The SMILES string of the molecule is CN=C/C=C(\C)c1c(-c2nc(-c3cc(Cl)c(N)c(Cl)c3)no2)nnn1-c1ccccc1F. The summed E-state index contributed by atoms with van der Waals surface area (Å²) in [5, 5.41) is 12.8. The quantitative estimate of drug-likeness (QED) is 0.319. The fourth-order valence-electron chi connectivity index (χ4n) is 2.99. The standard InChI is InChI=1S/C21H16Cl2FN7O/c1-11(7-8-26-2)19-18(28-30-31(19)16-6-4-3-5-15(16)24)21-27-20(29-32-21)12-9-13(22)17(25)14(23)10-12/h3-10H,25H2,1-2H3/b11-7+,26-8?. The van der Waals surface area contributed by atoms with Gasteiger partial charge in [0.2, 0.25) is 5.82 Å².